The van der Waals surface area contributed by atoms with Crippen molar-refractivity contribution >= 4 is 11.0 Å². The molecule has 1 fully saturated rings. The molecule has 6 nitrogen and oxygen atoms in total. The van der Waals surface area contributed by atoms with Crippen molar-refractivity contribution in [2.75, 3.05) is 26.2 Å². The first-order chi connectivity index (χ1) is 18.3. The number of benzene rings is 2. The van der Waals surface area contributed by atoms with Crippen LogP contribution in [0.25, 0.3) is 11.0 Å². The van der Waals surface area contributed by atoms with Crippen LogP contribution in [0, 0.1) is 0 Å². The molecule has 2 aromatic heterocycles. The summed E-state index contributed by atoms with van der Waals surface area (Å²) in [6.45, 7) is 6.22. The van der Waals surface area contributed by atoms with Crippen LogP contribution in [0.4, 0.5) is 0 Å². The molecular formula is C31H38N6. The summed E-state index contributed by atoms with van der Waals surface area (Å²) in [5, 5.41) is 3.77. The second-order valence-corrected chi connectivity index (χ2v) is 10.6. The maximum atomic E-state index is 4.91. The fraction of sp³-hybridized carbons (Fsp3) is 0.419. The minimum absolute atomic E-state index is 0.350. The molecule has 2 N–H and O–H groups in total. The van der Waals surface area contributed by atoms with Crippen LogP contribution >= 0.6 is 0 Å². The molecule has 0 spiro atoms. The smallest absolute Gasteiger partial charge is 0.121 e. The highest BCUT2D eigenvalue weighted by atomic mass is 15.2. The van der Waals surface area contributed by atoms with Crippen molar-refractivity contribution in [1.82, 2.24) is 30.1 Å². The molecule has 1 unspecified atom stereocenters. The summed E-state index contributed by atoms with van der Waals surface area (Å²) in [5.41, 5.74) is 6.22. The first-order valence-corrected chi connectivity index (χ1v) is 13.9. The van der Waals surface area contributed by atoms with E-state index in [1.54, 1.807) is 0 Å². The molecule has 37 heavy (non-hydrogen) atoms. The maximum absolute atomic E-state index is 4.91. The fourth-order valence-electron chi connectivity index (χ4n) is 6.05. The number of piperidine rings is 1. The summed E-state index contributed by atoms with van der Waals surface area (Å²) in [6, 6.07) is 24.4. The Kier molecular flexibility index (Phi) is 7.58. The van der Waals surface area contributed by atoms with Gasteiger partial charge in [0, 0.05) is 31.9 Å². The second-order valence-electron chi connectivity index (χ2n) is 10.6. The molecular weight excluding hydrogens is 456 g/mol. The van der Waals surface area contributed by atoms with Crippen LogP contribution < -0.4 is 5.32 Å². The number of nitrogens with zero attached hydrogens (tertiary/aromatic N) is 4. The van der Waals surface area contributed by atoms with Crippen LogP contribution in [-0.4, -0.2) is 57.0 Å². The average Bonchev–Trinajstić information content (AvgIpc) is 3.37. The highest BCUT2D eigenvalue weighted by Crippen LogP contribution is 2.33. The van der Waals surface area contributed by atoms with E-state index in [-0.39, 0.29) is 0 Å². The van der Waals surface area contributed by atoms with Gasteiger partial charge in [0.05, 0.1) is 29.3 Å². The van der Waals surface area contributed by atoms with Gasteiger partial charge in [0.15, 0.2) is 0 Å². The van der Waals surface area contributed by atoms with Gasteiger partial charge in [0.25, 0.3) is 0 Å². The Morgan fingerprint density at radius 2 is 1.78 bits per heavy atom. The number of rotatable bonds is 9. The van der Waals surface area contributed by atoms with Crippen molar-refractivity contribution < 1.29 is 0 Å². The molecule has 4 aromatic rings. The third kappa shape index (κ3) is 5.93. The number of para-hydroxylation sites is 2. The predicted molar refractivity (Wildman–Crippen MR) is 149 cm³/mol. The summed E-state index contributed by atoms with van der Waals surface area (Å²) in [4.78, 5) is 18.6. The zero-order valence-electron chi connectivity index (χ0n) is 21.6. The van der Waals surface area contributed by atoms with E-state index in [0.717, 1.165) is 69.0 Å². The Bertz CT molecular complexity index is 1240. The van der Waals surface area contributed by atoms with E-state index in [9.17, 15) is 0 Å². The first kappa shape index (κ1) is 24.3. The van der Waals surface area contributed by atoms with Gasteiger partial charge in [-0.2, -0.15) is 0 Å². The monoisotopic (exact) mass is 494 g/mol. The number of aromatic nitrogens is 3. The number of nitrogens with one attached hydrogen (secondary N) is 2. The lowest BCUT2D eigenvalue weighted by atomic mass is 9.90. The number of hydrogen-bond donors (Lipinski definition) is 2. The van der Waals surface area contributed by atoms with Crippen molar-refractivity contribution in [2.24, 2.45) is 0 Å². The molecule has 3 heterocycles. The molecule has 1 aliphatic heterocycles. The number of imidazole rings is 1. The van der Waals surface area contributed by atoms with Crippen molar-refractivity contribution in [2.45, 2.75) is 57.3 Å². The van der Waals surface area contributed by atoms with Crippen LogP contribution in [0.2, 0.25) is 0 Å². The molecule has 1 atom stereocenters. The third-order valence-corrected chi connectivity index (χ3v) is 8.13. The SMILES string of the molecule is c1ccc(CNC2CCN(CCN(Cc3nc4ccccc4[nH]3)C3CCCc4cccnc43)CC2)cc1. The van der Waals surface area contributed by atoms with E-state index >= 15 is 0 Å². The summed E-state index contributed by atoms with van der Waals surface area (Å²) in [5.74, 6) is 1.05. The number of hydrogen-bond acceptors (Lipinski definition) is 5. The molecule has 1 saturated heterocycles. The third-order valence-electron chi connectivity index (χ3n) is 8.13. The Morgan fingerprint density at radius 1 is 0.946 bits per heavy atom. The minimum atomic E-state index is 0.350. The molecule has 1 aliphatic carbocycles. The van der Waals surface area contributed by atoms with Crippen LogP contribution in [-0.2, 0) is 19.5 Å². The van der Waals surface area contributed by atoms with E-state index in [1.165, 1.54) is 36.1 Å². The summed E-state index contributed by atoms with van der Waals surface area (Å²) >= 11 is 0. The van der Waals surface area contributed by atoms with E-state index in [1.807, 2.05) is 6.20 Å². The Hall–Kier alpha value is -3.06. The second kappa shape index (κ2) is 11.5. The van der Waals surface area contributed by atoms with Crippen LogP contribution in [0.1, 0.15) is 54.4 Å². The Labute approximate surface area is 220 Å². The number of aryl methyl sites for hydroxylation is 1. The van der Waals surface area contributed by atoms with E-state index in [4.69, 9.17) is 9.97 Å². The van der Waals surface area contributed by atoms with Gasteiger partial charge in [0.2, 0.25) is 0 Å². The van der Waals surface area contributed by atoms with Crippen molar-refractivity contribution in [3.63, 3.8) is 0 Å². The highest BCUT2D eigenvalue weighted by Gasteiger charge is 2.29. The average molecular weight is 495 g/mol. The standard InChI is InChI=1S/C31H38N6/c1-2-8-24(9-3-1)22-33-26-15-18-36(19-16-26)20-21-37(23-30-34-27-12-4-5-13-28(27)35-30)29-14-6-10-25-11-7-17-32-31(25)29/h1-5,7-9,11-13,17,26,29,33H,6,10,14-16,18-23H2,(H,34,35). The van der Waals surface area contributed by atoms with Gasteiger partial charge in [-0.15, -0.1) is 0 Å². The zero-order valence-corrected chi connectivity index (χ0v) is 21.6. The summed E-state index contributed by atoms with van der Waals surface area (Å²) in [6.07, 6.45) is 7.91. The molecule has 6 heteroatoms. The molecule has 0 bridgehead atoms. The predicted octanol–water partition coefficient (Wildman–Crippen LogP) is 5.09. The molecule has 2 aliphatic rings. The van der Waals surface area contributed by atoms with Gasteiger partial charge in [-0.1, -0.05) is 48.5 Å². The van der Waals surface area contributed by atoms with E-state index < -0.39 is 0 Å². The Balaban J connectivity index is 1.10. The largest absolute Gasteiger partial charge is 0.341 e. The molecule has 6 rings (SSSR count). The van der Waals surface area contributed by atoms with Crippen LogP contribution in [0.15, 0.2) is 72.9 Å². The van der Waals surface area contributed by atoms with Gasteiger partial charge in [-0.05, 0) is 74.5 Å². The van der Waals surface area contributed by atoms with Gasteiger partial charge in [-0.25, -0.2) is 4.98 Å². The lowest BCUT2D eigenvalue weighted by Crippen LogP contribution is -2.45. The van der Waals surface area contributed by atoms with Gasteiger partial charge in [-0.3, -0.25) is 9.88 Å². The normalized spacial score (nSPS) is 18.9. The van der Waals surface area contributed by atoms with Gasteiger partial charge >= 0.3 is 0 Å². The van der Waals surface area contributed by atoms with Crippen molar-refractivity contribution in [3.8, 4) is 0 Å². The summed E-state index contributed by atoms with van der Waals surface area (Å²) in [7, 11) is 0. The van der Waals surface area contributed by atoms with E-state index in [0.29, 0.717) is 12.1 Å². The first-order valence-electron chi connectivity index (χ1n) is 13.9. The lowest BCUT2D eigenvalue weighted by Gasteiger charge is -2.37. The lowest BCUT2D eigenvalue weighted by molar-refractivity contribution is 0.120. The summed E-state index contributed by atoms with van der Waals surface area (Å²) < 4.78 is 0. The molecule has 0 amide bonds. The number of aromatic amines is 1. The minimum Gasteiger partial charge on any atom is -0.341 e. The number of pyridine rings is 1. The van der Waals surface area contributed by atoms with Crippen molar-refractivity contribution in [1.29, 1.82) is 0 Å². The molecule has 0 saturated carbocycles. The number of H-pyrrole nitrogens is 1. The van der Waals surface area contributed by atoms with Crippen LogP contribution in [0.5, 0.6) is 0 Å². The molecule has 2 aromatic carbocycles. The molecule has 0 radical (unpaired) electrons. The van der Waals surface area contributed by atoms with Gasteiger partial charge < -0.3 is 15.2 Å². The number of fused-ring (bicyclic) bond motifs is 2. The zero-order chi connectivity index (χ0) is 24.9. The van der Waals surface area contributed by atoms with Crippen molar-refractivity contribution in [3.05, 3.63) is 95.6 Å². The highest BCUT2D eigenvalue weighted by molar-refractivity contribution is 5.74. The van der Waals surface area contributed by atoms with E-state index in [2.05, 4.69) is 86.8 Å². The quantitative estimate of drug-likeness (QED) is 0.339. The van der Waals surface area contributed by atoms with Crippen LogP contribution in [0.3, 0.4) is 0 Å². The maximum Gasteiger partial charge on any atom is 0.121 e. The Morgan fingerprint density at radius 3 is 2.65 bits per heavy atom. The topological polar surface area (TPSA) is 60.1 Å². The fourth-order valence-corrected chi connectivity index (χ4v) is 6.05. The number of likely N-dealkylation sites (tertiary alicyclic amines) is 1. The molecule has 192 valence electrons. The van der Waals surface area contributed by atoms with Gasteiger partial charge in [0.1, 0.15) is 5.82 Å².